The van der Waals surface area contributed by atoms with Crippen LogP contribution in [0.1, 0.15) is 6.42 Å². The predicted octanol–water partition coefficient (Wildman–Crippen LogP) is 1.42. The van der Waals surface area contributed by atoms with Crippen LogP contribution in [0.5, 0.6) is 0 Å². The van der Waals surface area contributed by atoms with Crippen molar-refractivity contribution in [3.8, 4) is 0 Å². The zero-order chi connectivity index (χ0) is 7.40. The minimum Gasteiger partial charge on any atom is -0.241 e. The summed E-state index contributed by atoms with van der Waals surface area (Å²) >= 11 is 0. The van der Waals surface area contributed by atoms with Crippen LogP contribution in [-0.2, 0) is 0 Å². The normalized spacial score (nSPS) is 16.4. The molecule has 0 aromatic carbocycles. The molecule has 10 heavy (non-hydrogen) atoms. The van der Waals surface area contributed by atoms with E-state index in [0.29, 0.717) is 0 Å². The van der Waals surface area contributed by atoms with Crippen molar-refractivity contribution in [2.24, 2.45) is 0 Å². The third-order valence-electron chi connectivity index (χ3n) is 1.34. The second kappa shape index (κ2) is 3.35. The van der Waals surface area contributed by atoms with E-state index in [4.69, 9.17) is 0 Å². The predicted molar refractivity (Wildman–Crippen MR) is 44.3 cm³/mol. The molecule has 1 radical (unpaired) electrons. The molecule has 0 aliphatic heterocycles. The van der Waals surface area contributed by atoms with Crippen LogP contribution in [0, 0.1) is 6.42 Å². The standard InChI is InChI=1S/C9H13N/c1-10(2)8-9-6-4-3-5-7-9/h3-6,8H,7H2,1-2H3/q+1. The Bertz CT molecular complexity index is 190. The van der Waals surface area contributed by atoms with Crippen LogP contribution in [0.25, 0.3) is 0 Å². The Kier molecular flexibility index (Phi) is 2.43. The summed E-state index contributed by atoms with van der Waals surface area (Å²) in [5.74, 6) is 0. The molecule has 0 saturated carbocycles. The molecule has 1 heteroatoms. The average molecular weight is 135 g/mol. The van der Waals surface area contributed by atoms with Gasteiger partial charge in [-0.05, 0) is 12.8 Å². The molecule has 1 aliphatic rings. The number of rotatable bonds is 1. The van der Waals surface area contributed by atoms with Crippen molar-refractivity contribution in [3.63, 3.8) is 0 Å². The summed E-state index contributed by atoms with van der Waals surface area (Å²) in [6, 6.07) is 0. The molecule has 1 rings (SSSR count). The van der Waals surface area contributed by atoms with Gasteiger partial charge in [-0.1, -0.05) is 18.2 Å². The van der Waals surface area contributed by atoms with E-state index in [-0.39, 0.29) is 0 Å². The lowest BCUT2D eigenvalue weighted by molar-refractivity contribution is -0.459. The minimum absolute atomic E-state index is 1.06. The van der Waals surface area contributed by atoms with Gasteiger partial charge < -0.3 is 0 Å². The van der Waals surface area contributed by atoms with E-state index >= 15 is 0 Å². The van der Waals surface area contributed by atoms with Crippen LogP contribution in [-0.4, -0.2) is 24.9 Å². The molecule has 0 aromatic heterocycles. The quantitative estimate of drug-likeness (QED) is 0.378. The van der Waals surface area contributed by atoms with Gasteiger partial charge in [0.05, 0.1) is 0 Å². The van der Waals surface area contributed by atoms with Crippen LogP contribution in [0.3, 0.4) is 0 Å². The lowest BCUT2D eigenvalue weighted by Crippen LogP contribution is -2.02. The minimum atomic E-state index is 1.06. The average Bonchev–Trinajstić information content (AvgIpc) is 1.88. The molecule has 0 fully saturated rings. The van der Waals surface area contributed by atoms with Crippen LogP contribution < -0.4 is 0 Å². The number of hydrogen-bond acceptors (Lipinski definition) is 0. The molecule has 0 N–H and O–H groups in total. The van der Waals surface area contributed by atoms with Crippen molar-refractivity contribution >= 4 is 6.21 Å². The van der Waals surface area contributed by atoms with Gasteiger partial charge in [-0.25, -0.2) is 4.58 Å². The fraction of sp³-hybridized carbons (Fsp3) is 0.333. The van der Waals surface area contributed by atoms with Gasteiger partial charge in [0.25, 0.3) is 0 Å². The van der Waals surface area contributed by atoms with Crippen LogP contribution in [0.2, 0.25) is 0 Å². The molecular formula is C9H13N+. The molecule has 0 amide bonds. The highest BCUT2D eigenvalue weighted by Crippen LogP contribution is 2.07. The lowest BCUT2D eigenvalue weighted by Gasteiger charge is -1.99. The summed E-state index contributed by atoms with van der Waals surface area (Å²) in [4.78, 5) is 0. The van der Waals surface area contributed by atoms with Gasteiger partial charge >= 0.3 is 0 Å². The van der Waals surface area contributed by atoms with E-state index in [2.05, 4.69) is 35.4 Å². The van der Waals surface area contributed by atoms with E-state index in [1.807, 2.05) is 14.1 Å². The van der Waals surface area contributed by atoms with Gasteiger partial charge in [0.2, 0.25) is 0 Å². The Labute approximate surface area is 62.4 Å². The first kappa shape index (κ1) is 7.26. The zero-order valence-electron chi connectivity index (χ0n) is 6.54. The first-order valence-corrected chi connectivity index (χ1v) is 3.49. The van der Waals surface area contributed by atoms with Crippen LogP contribution in [0.15, 0.2) is 23.8 Å². The summed E-state index contributed by atoms with van der Waals surface area (Å²) in [7, 11) is 4.08. The van der Waals surface area contributed by atoms with Crippen molar-refractivity contribution in [3.05, 3.63) is 30.2 Å². The maximum Gasteiger partial charge on any atom is 0.166 e. The third kappa shape index (κ3) is 2.18. The molecule has 0 bridgehead atoms. The highest BCUT2D eigenvalue weighted by molar-refractivity contribution is 5.75. The fourth-order valence-corrected chi connectivity index (χ4v) is 0.957. The van der Waals surface area contributed by atoms with Crippen LogP contribution in [0.4, 0.5) is 0 Å². The molecular weight excluding hydrogens is 122 g/mol. The largest absolute Gasteiger partial charge is 0.241 e. The smallest absolute Gasteiger partial charge is 0.166 e. The van der Waals surface area contributed by atoms with Crippen molar-refractivity contribution in [2.75, 3.05) is 14.1 Å². The van der Waals surface area contributed by atoms with E-state index in [1.165, 1.54) is 5.57 Å². The Hall–Kier alpha value is -0.850. The summed E-state index contributed by atoms with van der Waals surface area (Å²) in [5, 5.41) is 0. The molecule has 0 unspecified atom stereocenters. The number of hydrogen-bond donors (Lipinski definition) is 0. The maximum absolute atomic E-state index is 2.16. The van der Waals surface area contributed by atoms with Gasteiger partial charge in [-0.15, -0.1) is 0 Å². The van der Waals surface area contributed by atoms with Crippen molar-refractivity contribution in [1.82, 2.24) is 0 Å². The van der Waals surface area contributed by atoms with E-state index < -0.39 is 0 Å². The molecule has 1 nitrogen and oxygen atoms in total. The lowest BCUT2D eigenvalue weighted by atomic mass is 10.1. The van der Waals surface area contributed by atoms with E-state index in [0.717, 1.165) is 6.42 Å². The van der Waals surface area contributed by atoms with Gasteiger partial charge in [0.1, 0.15) is 14.1 Å². The molecule has 0 heterocycles. The second-order valence-corrected chi connectivity index (χ2v) is 2.66. The molecule has 0 aromatic rings. The Morgan fingerprint density at radius 1 is 1.40 bits per heavy atom. The Morgan fingerprint density at radius 2 is 2.20 bits per heavy atom. The fourth-order valence-electron chi connectivity index (χ4n) is 0.957. The SMILES string of the molecule is C[N+](C)=CC1=CC=C[CH]C1. The van der Waals surface area contributed by atoms with Crippen LogP contribution >= 0.6 is 0 Å². The Balaban J connectivity index is 2.64. The maximum atomic E-state index is 2.16. The van der Waals surface area contributed by atoms with Crippen molar-refractivity contribution in [1.29, 1.82) is 0 Å². The Morgan fingerprint density at radius 3 is 2.70 bits per heavy atom. The van der Waals surface area contributed by atoms with Crippen molar-refractivity contribution < 1.29 is 4.58 Å². The summed E-state index contributed by atoms with van der Waals surface area (Å²) < 4.78 is 2.07. The monoisotopic (exact) mass is 135 g/mol. The summed E-state index contributed by atoms with van der Waals surface area (Å²) in [6.07, 6.45) is 11.6. The van der Waals surface area contributed by atoms with Gasteiger partial charge in [0, 0.05) is 5.57 Å². The highest BCUT2D eigenvalue weighted by atomic mass is 14.9. The molecule has 53 valence electrons. The van der Waals surface area contributed by atoms with Gasteiger partial charge in [-0.2, -0.15) is 0 Å². The van der Waals surface area contributed by atoms with Gasteiger partial charge in [-0.3, -0.25) is 0 Å². The van der Waals surface area contributed by atoms with Crippen molar-refractivity contribution in [2.45, 2.75) is 6.42 Å². The van der Waals surface area contributed by atoms with E-state index in [1.54, 1.807) is 0 Å². The molecule has 0 spiro atoms. The number of allylic oxidation sites excluding steroid dienone is 4. The van der Waals surface area contributed by atoms with Gasteiger partial charge in [0.15, 0.2) is 6.21 Å². The number of nitrogens with zero attached hydrogens (tertiary/aromatic N) is 1. The summed E-state index contributed by atoms with van der Waals surface area (Å²) in [6.45, 7) is 0. The first-order chi connectivity index (χ1) is 4.79. The summed E-state index contributed by atoms with van der Waals surface area (Å²) in [5.41, 5.74) is 1.37. The zero-order valence-corrected chi connectivity index (χ0v) is 6.54. The topological polar surface area (TPSA) is 3.01 Å². The van der Waals surface area contributed by atoms with E-state index in [9.17, 15) is 0 Å². The molecule has 0 atom stereocenters. The first-order valence-electron chi connectivity index (χ1n) is 3.49. The molecule has 1 aliphatic carbocycles. The molecule has 0 saturated heterocycles. The second-order valence-electron chi connectivity index (χ2n) is 2.66. The highest BCUT2D eigenvalue weighted by Gasteiger charge is 1.98. The third-order valence-corrected chi connectivity index (χ3v) is 1.34.